The number of imidazole rings is 2. The van der Waals surface area contributed by atoms with Crippen molar-refractivity contribution in [1.29, 1.82) is 0 Å². The molecule has 2 amide bonds. The summed E-state index contributed by atoms with van der Waals surface area (Å²) >= 11 is 0. The number of likely N-dealkylation sites (tertiary alicyclic amines) is 1. The lowest BCUT2D eigenvalue weighted by Crippen LogP contribution is -2.41. The van der Waals surface area contributed by atoms with E-state index in [-0.39, 0.29) is 24.4 Å². The van der Waals surface area contributed by atoms with Gasteiger partial charge in [0, 0.05) is 25.8 Å². The number of rotatable bonds is 14. The molecule has 288 valence electrons. The summed E-state index contributed by atoms with van der Waals surface area (Å²) in [5.41, 5.74) is 7.06. The van der Waals surface area contributed by atoms with Gasteiger partial charge in [0.1, 0.15) is 23.5 Å². The van der Waals surface area contributed by atoms with E-state index in [1.54, 1.807) is 55.4 Å². The van der Waals surface area contributed by atoms with Crippen LogP contribution in [0, 0.1) is 5.82 Å². The van der Waals surface area contributed by atoms with Crippen molar-refractivity contribution in [1.82, 2.24) is 34.6 Å². The molecule has 2 aromatic heterocycles. The van der Waals surface area contributed by atoms with Gasteiger partial charge in [-0.25, -0.2) is 14.4 Å². The molecule has 6 aromatic rings. The number of aromatic amines is 2. The first kappa shape index (κ1) is 38.4. The molecule has 56 heavy (non-hydrogen) atoms. The normalized spacial score (nSPS) is 15.2. The van der Waals surface area contributed by atoms with E-state index in [0.29, 0.717) is 24.5 Å². The van der Waals surface area contributed by atoms with Crippen LogP contribution in [0.2, 0.25) is 0 Å². The maximum atomic E-state index is 14.8. The van der Waals surface area contributed by atoms with Crippen LogP contribution < -0.4 is 0 Å². The SMILES string of the molecule is CCCN(Cc1ncc(-c2ccc(-c3ccc(-c4cnc([C@@H]5CCCN5C(=O)[C@H](OC)c5ccccc5)[nH]4)cc3)cc2)[nH]1)C(=O)[C@@H](c1ccccc1F)N(C)C. The highest BCUT2D eigenvalue weighted by Crippen LogP contribution is 2.35. The van der Waals surface area contributed by atoms with E-state index < -0.39 is 18.0 Å². The van der Waals surface area contributed by atoms with Crippen LogP contribution in [0.4, 0.5) is 4.39 Å². The minimum absolute atomic E-state index is 0.0516. The Morgan fingerprint density at radius 2 is 1.45 bits per heavy atom. The lowest BCUT2D eigenvalue weighted by molar-refractivity contribution is -0.143. The van der Waals surface area contributed by atoms with Crippen molar-refractivity contribution in [3.05, 3.63) is 144 Å². The molecular formula is C45H48FN7O3. The van der Waals surface area contributed by atoms with Crippen LogP contribution in [-0.4, -0.2) is 80.7 Å². The molecule has 0 radical (unpaired) electrons. The molecule has 0 aliphatic carbocycles. The van der Waals surface area contributed by atoms with Crippen LogP contribution >= 0.6 is 0 Å². The van der Waals surface area contributed by atoms with Gasteiger partial charge in [0.25, 0.3) is 5.91 Å². The molecule has 2 N–H and O–H groups in total. The molecule has 0 unspecified atom stereocenters. The van der Waals surface area contributed by atoms with Crippen LogP contribution in [0.3, 0.4) is 0 Å². The Bertz CT molecular complexity index is 2230. The van der Waals surface area contributed by atoms with Gasteiger partial charge in [0.15, 0.2) is 6.10 Å². The second kappa shape index (κ2) is 17.3. The number of H-pyrrole nitrogens is 2. The highest BCUT2D eigenvalue weighted by molar-refractivity contribution is 5.84. The number of ether oxygens (including phenoxy) is 1. The number of benzene rings is 4. The van der Waals surface area contributed by atoms with Crippen molar-refractivity contribution in [2.45, 2.75) is 50.9 Å². The maximum Gasteiger partial charge on any atom is 0.256 e. The first-order chi connectivity index (χ1) is 27.2. The van der Waals surface area contributed by atoms with Crippen LogP contribution in [0.25, 0.3) is 33.6 Å². The Hall–Kier alpha value is -5.91. The molecule has 3 heterocycles. The number of likely N-dealkylation sites (N-methyl/N-ethyl adjacent to an activating group) is 1. The van der Waals surface area contributed by atoms with Gasteiger partial charge in [-0.3, -0.25) is 14.5 Å². The number of hydrogen-bond acceptors (Lipinski definition) is 6. The van der Waals surface area contributed by atoms with Crippen LogP contribution in [0.1, 0.15) is 67.1 Å². The summed E-state index contributed by atoms with van der Waals surface area (Å²) in [5.74, 6) is 0.818. The summed E-state index contributed by atoms with van der Waals surface area (Å²) in [6.07, 6.45) is 5.47. The topological polar surface area (TPSA) is 110 Å². The number of carbonyl (C=O) groups is 2. The zero-order chi connectivity index (χ0) is 39.2. The van der Waals surface area contributed by atoms with Crippen molar-refractivity contribution in [2.24, 2.45) is 0 Å². The largest absolute Gasteiger partial charge is 0.367 e. The van der Waals surface area contributed by atoms with Crippen LogP contribution in [0.15, 0.2) is 116 Å². The Kier molecular flexibility index (Phi) is 11.8. The summed E-state index contributed by atoms with van der Waals surface area (Å²) in [5, 5.41) is 0. The third kappa shape index (κ3) is 8.19. The Morgan fingerprint density at radius 1 is 0.839 bits per heavy atom. The lowest BCUT2D eigenvalue weighted by Gasteiger charge is -2.30. The standard InChI is InChI=1S/C45H48FN7O3/c1-5-25-52(44(54)41(51(2)3)35-14-9-10-15-36(35)46)29-40-47-27-37(49-40)32-21-17-30(18-22-32)31-19-23-33(24-20-31)38-28-48-43(50-38)39-16-11-26-53(39)45(55)42(56-4)34-12-7-6-8-13-34/h6-10,12-15,17-24,27-28,39,41-42H,5,11,16,25-26,29H2,1-4H3,(H,47,49)(H,48,50)/t39-,41+,42+/m0/s1. The second-order valence-corrected chi connectivity index (χ2v) is 14.4. The number of hydrogen-bond donors (Lipinski definition) is 2. The van der Waals surface area contributed by atoms with E-state index in [2.05, 4.69) is 63.5 Å². The molecule has 1 fully saturated rings. The van der Waals surface area contributed by atoms with Crippen molar-refractivity contribution in [2.75, 3.05) is 34.3 Å². The average molecular weight is 754 g/mol. The van der Waals surface area contributed by atoms with Gasteiger partial charge in [-0.15, -0.1) is 0 Å². The fraction of sp³-hybridized carbons (Fsp3) is 0.289. The van der Waals surface area contributed by atoms with Gasteiger partial charge < -0.3 is 24.5 Å². The Labute approximate surface area is 327 Å². The summed E-state index contributed by atoms with van der Waals surface area (Å²) in [6, 6.07) is 31.8. The molecule has 1 saturated heterocycles. The van der Waals surface area contributed by atoms with Crippen molar-refractivity contribution in [3.63, 3.8) is 0 Å². The molecular weight excluding hydrogens is 706 g/mol. The fourth-order valence-electron chi connectivity index (χ4n) is 7.62. The van der Waals surface area contributed by atoms with Crippen molar-refractivity contribution < 1.29 is 18.7 Å². The van der Waals surface area contributed by atoms with E-state index >= 15 is 0 Å². The third-order valence-electron chi connectivity index (χ3n) is 10.5. The number of nitrogens with zero attached hydrogens (tertiary/aromatic N) is 5. The number of carbonyl (C=O) groups excluding carboxylic acids is 2. The predicted molar refractivity (Wildman–Crippen MR) is 215 cm³/mol. The number of methoxy groups -OCH3 is 1. The molecule has 4 aromatic carbocycles. The molecule has 0 spiro atoms. The number of nitrogens with one attached hydrogen (secondary N) is 2. The summed E-state index contributed by atoms with van der Waals surface area (Å²) in [7, 11) is 5.16. The molecule has 10 nitrogen and oxygen atoms in total. The van der Waals surface area contributed by atoms with Crippen molar-refractivity contribution in [3.8, 4) is 33.6 Å². The quantitative estimate of drug-likeness (QED) is 0.116. The third-order valence-corrected chi connectivity index (χ3v) is 10.5. The Morgan fingerprint density at radius 3 is 2.07 bits per heavy atom. The maximum absolute atomic E-state index is 14.8. The van der Waals surface area contributed by atoms with Gasteiger partial charge in [0.2, 0.25) is 5.91 Å². The van der Waals surface area contributed by atoms with E-state index in [4.69, 9.17) is 9.72 Å². The fourth-order valence-corrected chi connectivity index (χ4v) is 7.62. The van der Waals surface area contributed by atoms with Crippen LogP contribution in [-0.2, 0) is 20.9 Å². The smallest absolute Gasteiger partial charge is 0.256 e. The molecule has 1 aliphatic rings. The zero-order valence-corrected chi connectivity index (χ0v) is 32.3. The summed E-state index contributed by atoms with van der Waals surface area (Å²) < 4.78 is 20.4. The van der Waals surface area contributed by atoms with E-state index in [9.17, 15) is 14.0 Å². The molecule has 0 bridgehead atoms. The van der Waals surface area contributed by atoms with Crippen molar-refractivity contribution >= 4 is 11.8 Å². The number of halogens is 1. The lowest BCUT2D eigenvalue weighted by atomic mass is 10.0. The zero-order valence-electron chi connectivity index (χ0n) is 32.3. The van der Waals surface area contributed by atoms with Crippen LogP contribution in [0.5, 0.6) is 0 Å². The number of aromatic nitrogens is 4. The highest BCUT2D eigenvalue weighted by atomic mass is 19.1. The van der Waals surface area contributed by atoms with Gasteiger partial charge in [-0.05, 0) is 67.2 Å². The van der Waals surface area contributed by atoms with E-state index in [0.717, 1.165) is 64.3 Å². The monoisotopic (exact) mass is 753 g/mol. The van der Waals surface area contributed by atoms with E-state index in [1.165, 1.54) is 6.07 Å². The summed E-state index contributed by atoms with van der Waals surface area (Å²) in [4.78, 5) is 49.0. The minimum Gasteiger partial charge on any atom is -0.367 e. The Balaban J connectivity index is 1.00. The molecule has 11 heteroatoms. The van der Waals surface area contributed by atoms with Gasteiger partial charge in [0.05, 0.1) is 36.4 Å². The molecule has 1 aliphatic heterocycles. The van der Waals surface area contributed by atoms with E-state index in [1.807, 2.05) is 48.4 Å². The molecule has 3 atom stereocenters. The predicted octanol–water partition coefficient (Wildman–Crippen LogP) is 8.37. The number of amides is 2. The second-order valence-electron chi connectivity index (χ2n) is 14.4. The molecule has 0 saturated carbocycles. The first-order valence-electron chi connectivity index (χ1n) is 19.1. The molecule has 7 rings (SSSR count). The average Bonchev–Trinajstić information content (AvgIpc) is 4.01. The summed E-state index contributed by atoms with van der Waals surface area (Å²) in [6.45, 7) is 3.49. The van der Waals surface area contributed by atoms with Gasteiger partial charge >= 0.3 is 0 Å². The van der Waals surface area contributed by atoms with Gasteiger partial charge in [-0.1, -0.05) is 104 Å². The highest BCUT2D eigenvalue weighted by Gasteiger charge is 2.36. The van der Waals surface area contributed by atoms with Gasteiger partial charge in [-0.2, -0.15) is 0 Å². The minimum atomic E-state index is -0.745. The first-order valence-corrected chi connectivity index (χ1v) is 19.1.